The normalized spacial score (nSPS) is 10.6. The molecule has 0 unspecified atom stereocenters. The molecular formula is C14H16N2O2. The van der Waals surface area contributed by atoms with Gasteiger partial charge in [0.2, 0.25) is 0 Å². The van der Waals surface area contributed by atoms with Gasteiger partial charge in [-0.2, -0.15) is 0 Å². The van der Waals surface area contributed by atoms with Crippen LogP contribution in [0.4, 0.5) is 5.69 Å². The lowest BCUT2D eigenvalue weighted by Crippen LogP contribution is -2.17. The highest BCUT2D eigenvalue weighted by atomic mass is 16.3. The molecule has 2 N–H and O–H groups in total. The Kier molecular flexibility index (Phi) is 3.37. The maximum Gasteiger partial charge on any atom is 0.272 e. The van der Waals surface area contributed by atoms with E-state index in [2.05, 4.69) is 5.32 Å². The first-order valence-corrected chi connectivity index (χ1v) is 5.85. The summed E-state index contributed by atoms with van der Waals surface area (Å²) in [5.41, 5.74) is 1.28. The van der Waals surface area contributed by atoms with E-state index in [1.807, 2.05) is 30.7 Å². The van der Waals surface area contributed by atoms with Gasteiger partial charge in [-0.3, -0.25) is 4.79 Å². The fourth-order valence-electron chi connectivity index (χ4n) is 1.78. The van der Waals surface area contributed by atoms with Crippen molar-refractivity contribution in [3.8, 4) is 5.75 Å². The molecule has 2 aromatic rings. The Morgan fingerprint density at radius 2 is 1.89 bits per heavy atom. The average molecular weight is 244 g/mol. The number of nitrogens with one attached hydrogen (secondary N) is 1. The van der Waals surface area contributed by atoms with Gasteiger partial charge in [0.15, 0.2) is 0 Å². The van der Waals surface area contributed by atoms with Crippen LogP contribution in [0.5, 0.6) is 5.75 Å². The minimum atomic E-state index is -0.153. The van der Waals surface area contributed by atoms with Crippen molar-refractivity contribution in [3.63, 3.8) is 0 Å². The van der Waals surface area contributed by atoms with Crippen LogP contribution in [0.2, 0.25) is 0 Å². The number of carbonyl (C=O) groups excluding carboxylic acids is 1. The second-order valence-corrected chi connectivity index (χ2v) is 4.40. The smallest absolute Gasteiger partial charge is 0.272 e. The molecule has 0 bridgehead atoms. The molecule has 0 saturated carbocycles. The lowest BCUT2D eigenvalue weighted by atomic mass is 10.3. The monoisotopic (exact) mass is 244 g/mol. The standard InChI is InChI=1S/C14H16N2O2/c1-10(2)16-9-3-4-13(16)14(18)15-11-5-7-12(17)8-6-11/h3-10,17H,1-2H3,(H,15,18). The minimum Gasteiger partial charge on any atom is -0.508 e. The van der Waals surface area contributed by atoms with E-state index in [1.165, 1.54) is 12.1 Å². The van der Waals surface area contributed by atoms with E-state index in [1.54, 1.807) is 18.2 Å². The van der Waals surface area contributed by atoms with Gasteiger partial charge in [0.1, 0.15) is 11.4 Å². The highest BCUT2D eigenvalue weighted by molar-refractivity contribution is 6.03. The van der Waals surface area contributed by atoms with Crippen LogP contribution in [0, 0.1) is 0 Å². The van der Waals surface area contributed by atoms with E-state index in [0.29, 0.717) is 11.4 Å². The third kappa shape index (κ3) is 2.53. The molecule has 0 fully saturated rings. The largest absolute Gasteiger partial charge is 0.508 e. The molecule has 0 atom stereocenters. The van der Waals surface area contributed by atoms with Crippen molar-refractivity contribution in [2.24, 2.45) is 0 Å². The summed E-state index contributed by atoms with van der Waals surface area (Å²) in [6.45, 7) is 4.05. The van der Waals surface area contributed by atoms with Crippen molar-refractivity contribution in [3.05, 3.63) is 48.3 Å². The molecular weight excluding hydrogens is 228 g/mol. The highest BCUT2D eigenvalue weighted by Crippen LogP contribution is 2.16. The zero-order valence-corrected chi connectivity index (χ0v) is 10.4. The number of phenols is 1. The summed E-state index contributed by atoms with van der Waals surface area (Å²) in [5.74, 6) is 0.0259. The first-order chi connectivity index (χ1) is 8.58. The molecule has 1 heterocycles. The number of nitrogens with zero attached hydrogens (tertiary/aromatic N) is 1. The van der Waals surface area contributed by atoms with Gasteiger partial charge in [-0.1, -0.05) is 0 Å². The number of carbonyl (C=O) groups is 1. The fraction of sp³-hybridized carbons (Fsp3) is 0.214. The summed E-state index contributed by atoms with van der Waals surface area (Å²) in [5, 5.41) is 12.0. The van der Waals surface area contributed by atoms with Gasteiger partial charge in [-0.25, -0.2) is 0 Å². The molecule has 2 rings (SSSR count). The first-order valence-electron chi connectivity index (χ1n) is 5.85. The Labute approximate surface area is 106 Å². The SMILES string of the molecule is CC(C)n1cccc1C(=O)Nc1ccc(O)cc1. The van der Waals surface area contributed by atoms with E-state index in [9.17, 15) is 9.90 Å². The van der Waals surface area contributed by atoms with Crippen molar-refractivity contribution in [1.82, 2.24) is 4.57 Å². The zero-order chi connectivity index (χ0) is 13.1. The van der Waals surface area contributed by atoms with Crippen LogP contribution in [-0.2, 0) is 0 Å². The third-order valence-corrected chi connectivity index (χ3v) is 2.69. The second kappa shape index (κ2) is 4.96. The van der Waals surface area contributed by atoms with Crippen molar-refractivity contribution in [1.29, 1.82) is 0 Å². The van der Waals surface area contributed by atoms with E-state index >= 15 is 0 Å². The van der Waals surface area contributed by atoms with E-state index in [-0.39, 0.29) is 17.7 Å². The molecule has 0 spiro atoms. The van der Waals surface area contributed by atoms with E-state index in [4.69, 9.17) is 0 Å². The Hall–Kier alpha value is -2.23. The number of rotatable bonds is 3. The van der Waals surface area contributed by atoms with Crippen LogP contribution in [0.15, 0.2) is 42.6 Å². The molecule has 0 saturated heterocycles. The van der Waals surface area contributed by atoms with Gasteiger partial charge in [0, 0.05) is 17.9 Å². The first kappa shape index (κ1) is 12.2. The lowest BCUT2D eigenvalue weighted by molar-refractivity contribution is 0.101. The van der Waals surface area contributed by atoms with Crippen LogP contribution in [0.1, 0.15) is 30.4 Å². The molecule has 4 nitrogen and oxygen atoms in total. The summed E-state index contributed by atoms with van der Waals surface area (Å²) >= 11 is 0. The molecule has 1 amide bonds. The number of aromatic nitrogens is 1. The molecule has 94 valence electrons. The Bertz CT molecular complexity index is 541. The molecule has 0 radical (unpaired) electrons. The van der Waals surface area contributed by atoms with Gasteiger partial charge >= 0.3 is 0 Å². The maximum atomic E-state index is 12.1. The number of phenolic OH excluding ortho intramolecular Hbond substituents is 1. The number of amides is 1. The van der Waals surface area contributed by atoms with Crippen LogP contribution >= 0.6 is 0 Å². The van der Waals surface area contributed by atoms with Gasteiger partial charge in [-0.05, 0) is 50.2 Å². The summed E-state index contributed by atoms with van der Waals surface area (Å²) in [7, 11) is 0. The number of hydrogen-bond acceptors (Lipinski definition) is 2. The van der Waals surface area contributed by atoms with Crippen molar-refractivity contribution in [2.45, 2.75) is 19.9 Å². The van der Waals surface area contributed by atoms with Gasteiger partial charge in [0.25, 0.3) is 5.91 Å². The van der Waals surface area contributed by atoms with E-state index < -0.39 is 0 Å². The number of benzene rings is 1. The summed E-state index contributed by atoms with van der Waals surface area (Å²) in [6.07, 6.45) is 1.89. The second-order valence-electron chi connectivity index (χ2n) is 4.40. The van der Waals surface area contributed by atoms with Crippen LogP contribution < -0.4 is 5.32 Å². The van der Waals surface area contributed by atoms with Gasteiger partial charge in [-0.15, -0.1) is 0 Å². The molecule has 0 aliphatic rings. The third-order valence-electron chi connectivity index (χ3n) is 2.69. The van der Waals surface area contributed by atoms with Crippen LogP contribution in [0.25, 0.3) is 0 Å². The molecule has 0 aliphatic carbocycles. The number of anilines is 1. The Balaban J connectivity index is 2.17. The Morgan fingerprint density at radius 1 is 1.22 bits per heavy atom. The summed E-state index contributed by atoms with van der Waals surface area (Å²) < 4.78 is 1.91. The van der Waals surface area contributed by atoms with Crippen LogP contribution in [-0.4, -0.2) is 15.6 Å². The van der Waals surface area contributed by atoms with Crippen molar-refractivity contribution >= 4 is 11.6 Å². The van der Waals surface area contributed by atoms with Gasteiger partial charge < -0.3 is 15.0 Å². The molecule has 1 aromatic heterocycles. The Morgan fingerprint density at radius 3 is 2.50 bits per heavy atom. The molecule has 4 heteroatoms. The predicted octanol–water partition coefficient (Wildman–Crippen LogP) is 3.03. The lowest BCUT2D eigenvalue weighted by Gasteiger charge is -2.12. The summed E-state index contributed by atoms with van der Waals surface area (Å²) in [4.78, 5) is 12.1. The van der Waals surface area contributed by atoms with E-state index in [0.717, 1.165) is 0 Å². The van der Waals surface area contributed by atoms with Crippen molar-refractivity contribution in [2.75, 3.05) is 5.32 Å². The average Bonchev–Trinajstić information content (AvgIpc) is 2.81. The van der Waals surface area contributed by atoms with Crippen LogP contribution in [0.3, 0.4) is 0 Å². The number of aromatic hydroxyl groups is 1. The fourth-order valence-corrected chi connectivity index (χ4v) is 1.78. The maximum absolute atomic E-state index is 12.1. The van der Waals surface area contributed by atoms with Gasteiger partial charge in [0.05, 0.1) is 0 Å². The van der Waals surface area contributed by atoms with Crippen molar-refractivity contribution < 1.29 is 9.90 Å². The number of hydrogen-bond donors (Lipinski definition) is 2. The summed E-state index contributed by atoms with van der Waals surface area (Å²) in [6, 6.07) is 10.3. The zero-order valence-electron chi connectivity index (χ0n) is 10.4. The molecule has 0 aliphatic heterocycles. The molecule has 18 heavy (non-hydrogen) atoms. The predicted molar refractivity (Wildman–Crippen MR) is 70.9 cm³/mol. The topological polar surface area (TPSA) is 54.3 Å². The molecule has 1 aromatic carbocycles. The quantitative estimate of drug-likeness (QED) is 0.815. The highest BCUT2D eigenvalue weighted by Gasteiger charge is 2.12. The minimum absolute atomic E-state index is 0.153.